The molecular formula is C16H26N2O2S. The fraction of sp³-hybridized carbons (Fsp3) is 0.750. The van der Waals surface area contributed by atoms with E-state index in [2.05, 4.69) is 37.2 Å². The van der Waals surface area contributed by atoms with Gasteiger partial charge in [0.25, 0.3) is 0 Å². The predicted molar refractivity (Wildman–Crippen MR) is 85.9 cm³/mol. The summed E-state index contributed by atoms with van der Waals surface area (Å²) in [5.41, 5.74) is 1.53. The summed E-state index contributed by atoms with van der Waals surface area (Å²) in [6.45, 7) is 9.84. The zero-order chi connectivity index (χ0) is 15.7. The van der Waals surface area contributed by atoms with Gasteiger partial charge in [-0.3, -0.25) is 4.79 Å². The number of rotatable bonds is 5. The van der Waals surface area contributed by atoms with E-state index in [4.69, 9.17) is 5.11 Å². The molecule has 1 saturated carbocycles. The van der Waals surface area contributed by atoms with E-state index in [1.54, 1.807) is 0 Å². The van der Waals surface area contributed by atoms with Crippen LogP contribution in [0.2, 0.25) is 0 Å². The normalized spacial score (nSPS) is 18.1. The summed E-state index contributed by atoms with van der Waals surface area (Å²) < 4.78 is 2.26. The number of imidazole rings is 1. The molecule has 0 bridgehead atoms. The Balaban J connectivity index is 2.29. The van der Waals surface area contributed by atoms with Gasteiger partial charge in [-0.25, -0.2) is 4.98 Å². The standard InChI is InChI=1S/C16H26N2O2S/c1-15(2,3)12-9-17-14(21-10-13(19)20)18(12)11-16(4)7-5-6-8-16/h9H,5-8,10-11H2,1-4H3,(H,19,20). The molecule has 1 fully saturated rings. The molecule has 21 heavy (non-hydrogen) atoms. The Morgan fingerprint density at radius 2 is 2.05 bits per heavy atom. The van der Waals surface area contributed by atoms with E-state index < -0.39 is 5.97 Å². The highest BCUT2D eigenvalue weighted by atomic mass is 32.2. The van der Waals surface area contributed by atoms with Crippen LogP contribution in [0.15, 0.2) is 11.4 Å². The lowest BCUT2D eigenvalue weighted by molar-refractivity contribution is -0.133. The van der Waals surface area contributed by atoms with E-state index in [0.29, 0.717) is 5.41 Å². The molecule has 1 aliphatic rings. The summed E-state index contributed by atoms with van der Waals surface area (Å²) >= 11 is 1.33. The summed E-state index contributed by atoms with van der Waals surface area (Å²) in [6.07, 6.45) is 7.01. The summed E-state index contributed by atoms with van der Waals surface area (Å²) in [5.74, 6) is -0.726. The molecule has 0 atom stereocenters. The van der Waals surface area contributed by atoms with Gasteiger partial charge in [-0.1, -0.05) is 52.3 Å². The molecule has 0 amide bonds. The van der Waals surface area contributed by atoms with E-state index in [0.717, 1.165) is 11.7 Å². The van der Waals surface area contributed by atoms with Crippen molar-refractivity contribution in [2.24, 2.45) is 5.41 Å². The Morgan fingerprint density at radius 3 is 2.57 bits per heavy atom. The third-order valence-electron chi connectivity index (χ3n) is 4.26. The number of thioether (sulfide) groups is 1. The van der Waals surface area contributed by atoms with Crippen LogP contribution < -0.4 is 0 Å². The molecule has 0 radical (unpaired) electrons. The molecule has 1 aliphatic carbocycles. The van der Waals surface area contributed by atoms with Crippen LogP contribution in [-0.2, 0) is 16.8 Å². The van der Waals surface area contributed by atoms with Crippen molar-refractivity contribution < 1.29 is 9.90 Å². The molecule has 118 valence electrons. The van der Waals surface area contributed by atoms with Crippen LogP contribution in [0.3, 0.4) is 0 Å². The molecule has 0 spiro atoms. The van der Waals surface area contributed by atoms with Gasteiger partial charge < -0.3 is 9.67 Å². The summed E-state index contributed by atoms with van der Waals surface area (Å²) in [7, 11) is 0. The minimum atomic E-state index is -0.793. The first-order valence-corrected chi connectivity index (χ1v) is 8.60. The maximum Gasteiger partial charge on any atom is 0.313 e. The number of aromatic nitrogens is 2. The SMILES string of the molecule is CC1(Cn2c(C(C)(C)C)cnc2SCC(=O)O)CCCC1. The monoisotopic (exact) mass is 310 g/mol. The third kappa shape index (κ3) is 4.02. The highest BCUT2D eigenvalue weighted by Crippen LogP contribution is 2.41. The van der Waals surface area contributed by atoms with E-state index >= 15 is 0 Å². The second kappa shape index (κ2) is 6.03. The van der Waals surface area contributed by atoms with Crippen molar-refractivity contribution in [2.45, 2.75) is 70.5 Å². The van der Waals surface area contributed by atoms with Crippen LogP contribution in [0.25, 0.3) is 0 Å². The van der Waals surface area contributed by atoms with Crippen molar-refractivity contribution in [3.63, 3.8) is 0 Å². The molecule has 0 aliphatic heterocycles. The van der Waals surface area contributed by atoms with Crippen LogP contribution in [0, 0.1) is 5.41 Å². The van der Waals surface area contributed by atoms with Crippen molar-refractivity contribution >= 4 is 17.7 Å². The molecule has 0 saturated heterocycles. The van der Waals surface area contributed by atoms with Gasteiger partial charge in [0.1, 0.15) is 0 Å². The summed E-state index contributed by atoms with van der Waals surface area (Å²) in [5, 5.41) is 9.75. The van der Waals surface area contributed by atoms with Crippen LogP contribution in [0.5, 0.6) is 0 Å². The molecule has 1 N–H and O–H groups in total. The zero-order valence-electron chi connectivity index (χ0n) is 13.5. The number of carboxylic acid groups (broad SMARTS) is 1. The maximum absolute atomic E-state index is 10.8. The largest absolute Gasteiger partial charge is 0.481 e. The van der Waals surface area contributed by atoms with Gasteiger partial charge in [-0.05, 0) is 18.3 Å². The molecule has 2 rings (SSSR count). The molecule has 1 aromatic rings. The van der Waals surface area contributed by atoms with Crippen LogP contribution in [0.4, 0.5) is 0 Å². The summed E-state index contributed by atoms with van der Waals surface area (Å²) in [4.78, 5) is 15.3. The molecule has 1 heterocycles. The lowest BCUT2D eigenvalue weighted by Crippen LogP contribution is -2.25. The minimum absolute atomic E-state index is 0.0179. The number of hydrogen-bond donors (Lipinski definition) is 1. The molecule has 0 aromatic carbocycles. The third-order valence-corrected chi connectivity index (χ3v) is 5.24. The van der Waals surface area contributed by atoms with Gasteiger partial charge in [-0.15, -0.1) is 0 Å². The van der Waals surface area contributed by atoms with Crippen LogP contribution >= 0.6 is 11.8 Å². The zero-order valence-corrected chi connectivity index (χ0v) is 14.3. The quantitative estimate of drug-likeness (QED) is 0.837. The second-order valence-corrected chi connectivity index (χ2v) is 8.40. The lowest BCUT2D eigenvalue weighted by Gasteiger charge is -2.29. The van der Waals surface area contributed by atoms with Gasteiger partial charge >= 0.3 is 5.97 Å². The van der Waals surface area contributed by atoms with E-state index in [9.17, 15) is 4.79 Å². The van der Waals surface area contributed by atoms with E-state index in [1.165, 1.54) is 43.1 Å². The highest BCUT2D eigenvalue weighted by molar-refractivity contribution is 7.99. The van der Waals surface area contributed by atoms with Gasteiger partial charge in [0.15, 0.2) is 5.16 Å². The number of carbonyl (C=O) groups is 1. The molecule has 4 nitrogen and oxygen atoms in total. The van der Waals surface area contributed by atoms with E-state index in [-0.39, 0.29) is 11.2 Å². The Bertz CT molecular complexity index is 511. The average molecular weight is 310 g/mol. The van der Waals surface area contributed by atoms with Gasteiger partial charge in [0.2, 0.25) is 0 Å². The highest BCUT2D eigenvalue weighted by Gasteiger charge is 2.32. The molecule has 5 heteroatoms. The molecular weight excluding hydrogens is 284 g/mol. The second-order valence-electron chi connectivity index (χ2n) is 7.46. The van der Waals surface area contributed by atoms with Gasteiger partial charge in [-0.2, -0.15) is 0 Å². The number of aliphatic carboxylic acids is 1. The number of nitrogens with zero attached hydrogens (tertiary/aromatic N) is 2. The molecule has 1 aromatic heterocycles. The number of carboxylic acids is 1. The first-order valence-electron chi connectivity index (χ1n) is 7.62. The lowest BCUT2D eigenvalue weighted by atomic mass is 9.87. The Morgan fingerprint density at radius 1 is 1.43 bits per heavy atom. The smallest absolute Gasteiger partial charge is 0.313 e. The van der Waals surface area contributed by atoms with Crippen molar-refractivity contribution in [1.82, 2.24) is 9.55 Å². The van der Waals surface area contributed by atoms with E-state index in [1.807, 2.05) is 6.20 Å². The maximum atomic E-state index is 10.8. The van der Waals surface area contributed by atoms with Gasteiger partial charge in [0.05, 0.1) is 5.75 Å². The van der Waals surface area contributed by atoms with Crippen LogP contribution in [0.1, 0.15) is 59.1 Å². The summed E-state index contributed by atoms with van der Waals surface area (Å²) in [6, 6.07) is 0. The minimum Gasteiger partial charge on any atom is -0.481 e. The fourth-order valence-electron chi connectivity index (χ4n) is 3.12. The first kappa shape index (κ1) is 16.4. The topological polar surface area (TPSA) is 55.1 Å². The Kier molecular flexibility index (Phi) is 4.71. The van der Waals surface area contributed by atoms with Crippen molar-refractivity contribution in [3.8, 4) is 0 Å². The average Bonchev–Trinajstić information content (AvgIpc) is 2.93. The Hall–Kier alpha value is -0.970. The molecule has 0 unspecified atom stereocenters. The van der Waals surface area contributed by atoms with Crippen molar-refractivity contribution in [3.05, 3.63) is 11.9 Å². The first-order chi connectivity index (χ1) is 9.71. The fourth-order valence-corrected chi connectivity index (χ4v) is 3.82. The predicted octanol–water partition coefficient (Wildman–Crippen LogP) is 3.94. The van der Waals surface area contributed by atoms with Crippen molar-refractivity contribution in [1.29, 1.82) is 0 Å². The van der Waals surface area contributed by atoms with Crippen LogP contribution in [-0.4, -0.2) is 26.4 Å². The van der Waals surface area contributed by atoms with Gasteiger partial charge in [0, 0.05) is 23.9 Å². The Labute approximate surface area is 131 Å². The van der Waals surface area contributed by atoms with Crippen molar-refractivity contribution in [2.75, 3.05) is 5.75 Å². The number of hydrogen-bond acceptors (Lipinski definition) is 3.